The Hall–Kier alpha value is -3.81. The molecule has 1 aromatic heterocycles. The van der Waals surface area contributed by atoms with Crippen molar-refractivity contribution in [2.75, 3.05) is 18.7 Å². The van der Waals surface area contributed by atoms with E-state index < -0.39 is 11.5 Å². The van der Waals surface area contributed by atoms with Crippen molar-refractivity contribution in [1.29, 1.82) is 0 Å². The van der Waals surface area contributed by atoms with Crippen LogP contribution >= 0.6 is 0 Å². The highest BCUT2D eigenvalue weighted by Gasteiger charge is 2.20. The van der Waals surface area contributed by atoms with E-state index in [1.807, 2.05) is 6.92 Å². The zero-order valence-corrected chi connectivity index (χ0v) is 15.7. The number of nitrogens with one attached hydrogen (secondary N) is 1. The molecular formula is C21H17NO7. The van der Waals surface area contributed by atoms with Crippen LogP contribution in [-0.2, 0) is 4.79 Å². The number of hydrogen-bond donors (Lipinski definition) is 1. The monoisotopic (exact) mass is 395 g/mol. The maximum absolute atomic E-state index is 12.3. The van der Waals surface area contributed by atoms with Gasteiger partial charge < -0.3 is 23.9 Å². The Kier molecular flexibility index (Phi) is 4.67. The summed E-state index contributed by atoms with van der Waals surface area (Å²) >= 11 is 0. The fourth-order valence-corrected chi connectivity index (χ4v) is 3.07. The lowest BCUT2D eigenvalue weighted by atomic mass is 10.1. The molecular weight excluding hydrogens is 378 g/mol. The zero-order chi connectivity index (χ0) is 20.5. The van der Waals surface area contributed by atoms with Crippen LogP contribution in [0.5, 0.6) is 17.2 Å². The van der Waals surface area contributed by atoms with E-state index in [9.17, 15) is 14.4 Å². The first-order valence-corrected chi connectivity index (χ1v) is 8.82. The summed E-state index contributed by atoms with van der Waals surface area (Å²) < 4.78 is 21.2. The van der Waals surface area contributed by atoms with E-state index in [4.69, 9.17) is 18.6 Å². The number of ether oxygens (including phenoxy) is 3. The van der Waals surface area contributed by atoms with Gasteiger partial charge in [-0.25, -0.2) is 4.79 Å². The minimum atomic E-state index is -0.461. The summed E-state index contributed by atoms with van der Waals surface area (Å²) in [5.74, 6) is 0.596. The van der Waals surface area contributed by atoms with Crippen molar-refractivity contribution < 1.29 is 28.2 Å². The molecule has 0 unspecified atom stereocenters. The molecule has 1 aliphatic heterocycles. The molecule has 8 heteroatoms. The molecule has 2 aromatic carbocycles. The van der Waals surface area contributed by atoms with Crippen LogP contribution in [-0.4, -0.2) is 25.1 Å². The van der Waals surface area contributed by atoms with Gasteiger partial charge in [0.05, 0.1) is 5.69 Å². The number of rotatable bonds is 5. The van der Waals surface area contributed by atoms with Gasteiger partial charge in [0.1, 0.15) is 11.3 Å². The van der Waals surface area contributed by atoms with Crippen LogP contribution in [0.4, 0.5) is 5.69 Å². The fraction of sp³-hybridized carbons (Fsp3) is 0.190. The molecule has 1 N–H and O–H groups in total. The molecule has 0 bridgehead atoms. The molecule has 0 saturated heterocycles. The van der Waals surface area contributed by atoms with Crippen LogP contribution in [0.25, 0.3) is 11.0 Å². The van der Waals surface area contributed by atoms with Crippen molar-refractivity contribution in [3.8, 4) is 17.2 Å². The normalized spacial score (nSPS) is 12.1. The summed E-state index contributed by atoms with van der Waals surface area (Å²) in [7, 11) is 0. The third-order valence-electron chi connectivity index (χ3n) is 4.46. The summed E-state index contributed by atoms with van der Waals surface area (Å²) in [6.07, 6.45) is 0. The highest BCUT2D eigenvalue weighted by atomic mass is 16.7. The van der Waals surface area contributed by atoms with E-state index >= 15 is 0 Å². The van der Waals surface area contributed by atoms with Crippen LogP contribution < -0.4 is 25.2 Å². The minimum Gasteiger partial charge on any atom is -0.484 e. The average molecular weight is 395 g/mol. The lowest BCUT2D eigenvalue weighted by Gasteiger charge is -2.11. The molecule has 1 aliphatic rings. The summed E-state index contributed by atoms with van der Waals surface area (Å²) in [6, 6.07) is 9.49. The molecule has 0 spiro atoms. The second kappa shape index (κ2) is 7.31. The first-order valence-electron chi connectivity index (χ1n) is 8.82. The molecule has 3 aromatic rings. The summed E-state index contributed by atoms with van der Waals surface area (Å²) in [6.45, 7) is 2.97. The number of Topliss-reactive ketones (excluding diaryl/α,β-unsaturated/α-hetero) is 1. The average Bonchev–Trinajstić information content (AvgIpc) is 3.12. The Morgan fingerprint density at radius 3 is 2.62 bits per heavy atom. The number of fused-ring (bicyclic) bond motifs is 2. The van der Waals surface area contributed by atoms with Gasteiger partial charge in [0.25, 0.3) is 5.91 Å². The van der Waals surface area contributed by atoms with Crippen molar-refractivity contribution in [2.24, 2.45) is 0 Å². The zero-order valence-electron chi connectivity index (χ0n) is 15.7. The Morgan fingerprint density at radius 2 is 1.86 bits per heavy atom. The van der Waals surface area contributed by atoms with Gasteiger partial charge in [0.2, 0.25) is 6.79 Å². The Bertz CT molecular complexity index is 1200. The number of benzene rings is 2. The number of carbonyl (C=O) groups excluding carboxylic acids is 2. The third-order valence-corrected chi connectivity index (χ3v) is 4.46. The van der Waals surface area contributed by atoms with Gasteiger partial charge in [0.15, 0.2) is 23.9 Å². The van der Waals surface area contributed by atoms with E-state index in [2.05, 4.69) is 5.32 Å². The van der Waals surface area contributed by atoms with E-state index in [1.165, 1.54) is 19.1 Å². The molecule has 0 atom stereocenters. The van der Waals surface area contributed by atoms with Gasteiger partial charge in [0, 0.05) is 29.1 Å². The number of anilines is 1. The van der Waals surface area contributed by atoms with Gasteiger partial charge in [-0.3, -0.25) is 9.59 Å². The molecule has 0 fully saturated rings. The van der Waals surface area contributed by atoms with Gasteiger partial charge in [-0.05, 0) is 37.6 Å². The lowest BCUT2D eigenvalue weighted by molar-refractivity contribution is -0.118. The molecule has 0 radical (unpaired) electrons. The number of aryl methyl sites for hydroxylation is 1. The van der Waals surface area contributed by atoms with Crippen molar-refractivity contribution >= 4 is 28.3 Å². The molecule has 0 aliphatic carbocycles. The van der Waals surface area contributed by atoms with Crippen LogP contribution in [0.2, 0.25) is 0 Å². The summed E-state index contributed by atoms with van der Waals surface area (Å²) in [5.41, 5.74) is 1.34. The first kappa shape index (κ1) is 18.5. The van der Waals surface area contributed by atoms with Crippen LogP contribution in [0.15, 0.2) is 45.6 Å². The molecule has 1 amide bonds. The second-order valence-corrected chi connectivity index (χ2v) is 6.55. The van der Waals surface area contributed by atoms with Crippen LogP contribution in [0.1, 0.15) is 22.8 Å². The van der Waals surface area contributed by atoms with E-state index in [0.717, 1.165) is 10.9 Å². The highest BCUT2D eigenvalue weighted by molar-refractivity contribution is 6.04. The van der Waals surface area contributed by atoms with Crippen molar-refractivity contribution in [2.45, 2.75) is 13.8 Å². The second-order valence-electron chi connectivity index (χ2n) is 6.55. The van der Waals surface area contributed by atoms with E-state index in [0.29, 0.717) is 34.1 Å². The maximum Gasteiger partial charge on any atom is 0.336 e. The summed E-state index contributed by atoms with van der Waals surface area (Å²) in [5, 5.41) is 3.44. The van der Waals surface area contributed by atoms with Crippen molar-refractivity contribution in [3.05, 3.63) is 57.9 Å². The fourth-order valence-electron chi connectivity index (χ4n) is 3.07. The topological polar surface area (TPSA) is 104 Å². The number of hydrogen-bond acceptors (Lipinski definition) is 7. The molecule has 8 nitrogen and oxygen atoms in total. The molecule has 0 saturated carbocycles. The van der Waals surface area contributed by atoms with Gasteiger partial charge in [-0.1, -0.05) is 0 Å². The van der Waals surface area contributed by atoms with Gasteiger partial charge in [-0.2, -0.15) is 0 Å². The maximum atomic E-state index is 12.3. The van der Waals surface area contributed by atoms with Crippen molar-refractivity contribution in [1.82, 2.24) is 0 Å². The standard InChI is InChI=1S/C21H17NO7/c1-11-5-21(25)29-17-6-13(3-4-14(11)17)26-9-20(24)22-16-8-19-18(27-10-28-19)7-15(16)12(2)23/h3-8H,9-10H2,1-2H3,(H,22,24). The highest BCUT2D eigenvalue weighted by Crippen LogP contribution is 2.37. The number of ketones is 1. The molecule has 29 heavy (non-hydrogen) atoms. The SMILES string of the molecule is CC(=O)c1cc2c(cc1NC(=O)COc1ccc3c(C)cc(=O)oc3c1)OCO2. The lowest BCUT2D eigenvalue weighted by Crippen LogP contribution is -2.21. The van der Waals surface area contributed by atoms with Crippen LogP contribution in [0, 0.1) is 6.92 Å². The van der Waals surface area contributed by atoms with E-state index in [1.54, 1.807) is 24.3 Å². The quantitative estimate of drug-likeness (QED) is 0.523. The third kappa shape index (κ3) is 3.77. The predicted octanol–water partition coefficient (Wildman–Crippen LogP) is 3.05. The van der Waals surface area contributed by atoms with Gasteiger partial charge >= 0.3 is 5.63 Å². The smallest absolute Gasteiger partial charge is 0.336 e. The van der Waals surface area contributed by atoms with Crippen molar-refractivity contribution in [3.63, 3.8) is 0 Å². The molecule has 148 valence electrons. The Morgan fingerprint density at radius 1 is 1.10 bits per heavy atom. The largest absolute Gasteiger partial charge is 0.484 e. The molecule has 4 rings (SSSR count). The molecule has 2 heterocycles. The minimum absolute atomic E-state index is 0.0603. The first-order chi connectivity index (χ1) is 13.9. The Labute approximate surface area is 165 Å². The van der Waals surface area contributed by atoms with E-state index in [-0.39, 0.29) is 19.2 Å². The summed E-state index contributed by atoms with van der Waals surface area (Å²) in [4.78, 5) is 35.8. The van der Waals surface area contributed by atoms with Gasteiger partial charge in [-0.15, -0.1) is 0 Å². The predicted molar refractivity (Wildman–Crippen MR) is 104 cm³/mol. The van der Waals surface area contributed by atoms with Crippen LogP contribution in [0.3, 0.4) is 0 Å². The Balaban J connectivity index is 1.49. The number of carbonyl (C=O) groups is 2. The number of amides is 1.